The monoisotopic (exact) mass is 367 g/mol. The van der Waals surface area contributed by atoms with Crippen LogP contribution in [0.2, 0.25) is 5.02 Å². The second-order valence-electron chi connectivity index (χ2n) is 5.26. The van der Waals surface area contributed by atoms with Crippen LogP contribution in [0.15, 0.2) is 40.9 Å². The lowest BCUT2D eigenvalue weighted by Crippen LogP contribution is -2.22. The molecule has 0 unspecified atom stereocenters. The standard InChI is InChI=1S/C17H19BrClNO/c1-11(2)20-10-14-15(19)5-4-6-17(14)21-16-8-7-13(18)9-12(16)3/h4-9,11,20H,10H2,1-3H3. The first-order chi connectivity index (χ1) is 9.97. The maximum absolute atomic E-state index is 6.32. The smallest absolute Gasteiger partial charge is 0.133 e. The minimum atomic E-state index is 0.392. The summed E-state index contributed by atoms with van der Waals surface area (Å²) < 4.78 is 7.10. The van der Waals surface area contributed by atoms with E-state index in [1.807, 2.05) is 43.3 Å². The van der Waals surface area contributed by atoms with E-state index in [1.54, 1.807) is 0 Å². The molecule has 0 aromatic heterocycles. The highest BCUT2D eigenvalue weighted by atomic mass is 79.9. The summed E-state index contributed by atoms with van der Waals surface area (Å²) in [5, 5.41) is 4.10. The third-order valence-electron chi connectivity index (χ3n) is 3.12. The van der Waals surface area contributed by atoms with Gasteiger partial charge in [0.1, 0.15) is 11.5 Å². The molecular formula is C17H19BrClNO. The van der Waals surface area contributed by atoms with Gasteiger partial charge >= 0.3 is 0 Å². The minimum Gasteiger partial charge on any atom is -0.457 e. The Hall–Kier alpha value is -1.03. The third kappa shape index (κ3) is 4.47. The van der Waals surface area contributed by atoms with Crippen molar-refractivity contribution >= 4 is 27.5 Å². The van der Waals surface area contributed by atoms with Crippen molar-refractivity contribution in [2.75, 3.05) is 0 Å². The molecule has 0 aliphatic carbocycles. The molecule has 2 aromatic carbocycles. The number of hydrogen-bond acceptors (Lipinski definition) is 2. The number of halogens is 2. The molecule has 0 saturated heterocycles. The fraction of sp³-hybridized carbons (Fsp3) is 0.294. The fourth-order valence-corrected chi connectivity index (χ4v) is 2.67. The summed E-state index contributed by atoms with van der Waals surface area (Å²) in [6, 6.07) is 12.1. The maximum Gasteiger partial charge on any atom is 0.133 e. The molecule has 0 saturated carbocycles. The Morgan fingerprint density at radius 3 is 2.62 bits per heavy atom. The largest absolute Gasteiger partial charge is 0.457 e. The third-order valence-corrected chi connectivity index (χ3v) is 3.97. The van der Waals surface area contributed by atoms with Crippen molar-refractivity contribution in [1.82, 2.24) is 5.32 Å². The molecule has 0 amide bonds. The summed E-state index contributed by atoms with van der Waals surface area (Å²) in [4.78, 5) is 0. The van der Waals surface area contributed by atoms with E-state index in [0.717, 1.165) is 32.1 Å². The molecule has 2 rings (SSSR count). The first-order valence-corrected chi connectivity index (χ1v) is 8.09. The SMILES string of the molecule is Cc1cc(Br)ccc1Oc1cccc(Cl)c1CNC(C)C. The molecular weight excluding hydrogens is 350 g/mol. The van der Waals surface area contributed by atoms with Crippen LogP contribution >= 0.6 is 27.5 Å². The summed E-state index contributed by atoms with van der Waals surface area (Å²) in [6.45, 7) is 6.92. The average Bonchev–Trinajstić information content (AvgIpc) is 2.41. The molecule has 0 spiro atoms. The Kier molecular flexibility index (Phi) is 5.68. The first-order valence-electron chi connectivity index (χ1n) is 6.92. The van der Waals surface area contributed by atoms with Gasteiger partial charge in [-0.05, 0) is 42.8 Å². The van der Waals surface area contributed by atoms with Gasteiger partial charge in [0.2, 0.25) is 0 Å². The van der Waals surface area contributed by atoms with Gasteiger partial charge in [0, 0.05) is 27.6 Å². The number of benzene rings is 2. The molecule has 0 aliphatic rings. The number of rotatable bonds is 5. The van der Waals surface area contributed by atoms with Crippen LogP contribution in [0, 0.1) is 6.92 Å². The van der Waals surface area contributed by atoms with Crippen LogP contribution in [0.1, 0.15) is 25.0 Å². The van der Waals surface area contributed by atoms with Crippen LogP contribution in [0.3, 0.4) is 0 Å². The van der Waals surface area contributed by atoms with Crippen LogP contribution in [0.25, 0.3) is 0 Å². The topological polar surface area (TPSA) is 21.3 Å². The lowest BCUT2D eigenvalue weighted by atomic mass is 10.1. The molecule has 0 heterocycles. The van der Waals surface area contributed by atoms with E-state index in [0.29, 0.717) is 12.6 Å². The van der Waals surface area contributed by atoms with E-state index in [-0.39, 0.29) is 0 Å². The lowest BCUT2D eigenvalue weighted by Gasteiger charge is -2.16. The Morgan fingerprint density at radius 2 is 1.95 bits per heavy atom. The van der Waals surface area contributed by atoms with Crippen LogP contribution < -0.4 is 10.1 Å². The van der Waals surface area contributed by atoms with E-state index in [2.05, 4.69) is 35.1 Å². The predicted octanol–water partition coefficient (Wildman–Crippen LogP) is 5.70. The van der Waals surface area contributed by atoms with Gasteiger partial charge < -0.3 is 10.1 Å². The van der Waals surface area contributed by atoms with Crippen LogP contribution in [0.5, 0.6) is 11.5 Å². The molecule has 2 aromatic rings. The molecule has 4 heteroatoms. The average molecular weight is 369 g/mol. The second kappa shape index (κ2) is 7.30. The van der Waals surface area contributed by atoms with Crippen LogP contribution in [0.4, 0.5) is 0 Å². The van der Waals surface area contributed by atoms with E-state index in [4.69, 9.17) is 16.3 Å². The summed E-state index contributed by atoms with van der Waals surface area (Å²) >= 11 is 9.78. The van der Waals surface area contributed by atoms with E-state index < -0.39 is 0 Å². The highest BCUT2D eigenvalue weighted by Gasteiger charge is 2.11. The van der Waals surface area contributed by atoms with Crippen molar-refractivity contribution in [1.29, 1.82) is 0 Å². The van der Waals surface area contributed by atoms with E-state index in [1.165, 1.54) is 0 Å². The fourth-order valence-electron chi connectivity index (χ4n) is 1.96. The van der Waals surface area contributed by atoms with Crippen molar-refractivity contribution < 1.29 is 4.74 Å². The molecule has 2 nitrogen and oxygen atoms in total. The molecule has 21 heavy (non-hydrogen) atoms. The highest BCUT2D eigenvalue weighted by molar-refractivity contribution is 9.10. The lowest BCUT2D eigenvalue weighted by molar-refractivity contribution is 0.466. The molecule has 0 aliphatic heterocycles. The van der Waals surface area contributed by atoms with Gasteiger partial charge in [-0.25, -0.2) is 0 Å². The van der Waals surface area contributed by atoms with E-state index >= 15 is 0 Å². The zero-order valence-electron chi connectivity index (χ0n) is 12.4. The quantitative estimate of drug-likeness (QED) is 0.730. The normalized spacial score (nSPS) is 11.0. The van der Waals surface area contributed by atoms with Gasteiger partial charge in [-0.1, -0.05) is 47.4 Å². The van der Waals surface area contributed by atoms with Crippen molar-refractivity contribution in [3.63, 3.8) is 0 Å². The highest BCUT2D eigenvalue weighted by Crippen LogP contribution is 2.32. The van der Waals surface area contributed by atoms with Gasteiger partial charge in [-0.3, -0.25) is 0 Å². The number of hydrogen-bond donors (Lipinski definition) is 1. The van der Waals surface area contributed by atoms with E-state index in [9.17, 15) is 0 Å². The second-order valence-corrected chi connectivity index (χ2v) is 6.59. The molecule has 1 N–H and O–H groups in total. The predicted molar refractivity (Wildman–Crippen MR) is 92.4 cm³/mol. The molecule has 112 valence electrons. The first kappa shape index (κ1) is 16.3. The molecule has 0 fully saturated rings. The minimum absolute atomic E-state index is 0.392. The molecule has 0 bridgehead atoms. The van der Waals surface area contributed by atoms with Gasteiger partial charge in [0.05, 0.1) is 0 Å². The summed E-state index contributed by atoms with van der Waals surface area (Å²) in [5.74, 6) is 1.63. The Morgan fingerprint density at radius 1 is 1.19 bits per heavy atom. The van der Waals surface area contributed by atoms with Crippen LogP contribution in [-0.4, -0.2) is 6.04 Å². The van der Waals surface area contributed by atoms with Crippen molar-refractivity contribution in [2.45, 2.75) is 33.4 Å². The summed E-state index contributed by atoms with van der Waals surface area (Å²) in [5.41, 5.74) is 2.06. The zero-order chi connectivity index (χ0) is 15.4. The number of aryl methyl sites for hydroxylation is 1. The molecule has 0 radical (unpaired) electrons. The maximum atomic E-state index is 6.32. The molecule has 0 atom stereocenters. The number of ether oxygens (including phenoxy) is 1. The van der Waals surface area contributed by atoms with Crippen LogP contribution in [-0.2, 0) is 6.54 Å². The van der Waals surface area contributed by atoms with Crippen molar-refractivity contribution in [3.8, 4) is 11.5 Å². The summed E-state index contributed by atoms with van der Waals surface area (Å²) in [7, 11) is 0. The Balaban J connectivity index is 2.28. The van der Waals surface area contributed by atoms with Crippen molar-refractivity contribution in [2.24, 2.45) is 0 Å². The van der Waals surface area contributed by atoms with Gasteiger partial charge in [-0.15, -0.1) is 0 Å². The Labute approximate surface area is 139 Å². The zero-order valence-corrected chi connectivity index (χ0v) is 14.8. The van der Waals surface area contributed by atoms with Crippen molar-refractivity contribution in [3.05, 3.63) is 57.0 Å². The van der Waals surface area contributed by atoms with Gasteiger partial charge in [0.15, 0.2) is 0 Å². The van der Waals surface area contributed by atoms with Gasteiger partial charge in [0.25, 0.3) is 0 Å². The summed E-state index contributed by atoms with van der Waals surface area (Å²) in [6.07, 6.45) is 0. The number of nitrogens with one attached hydrogen (secondary N) is 1. The van der Waals surface area contributed by atoms with Gasteiger partial charge in [-0.2, -0.15) is 0 Å². The Bertz CT molecular complexity index is 628.